The molecule has 1 heterocycles. The van der Waals surface area contributed by atoms with Crippen LogP contribution >= 0.6 is 11.3 Å². The number of rotatable bonds is 6. The van der Waals surface area contributed by atoms with E-state index in [9.17, 15) is 13.2 Å². The van der Waals surface area contributed by atoms with Crippen molar-refractivity contribution in [2.45, 2.75) is 24.0 Å². The largest absolute Gasteiger partial charge is 0.481 e. The van der Waals surface area contributed by atoms with Crippen LogP contribution in [0.2, 0.25) is 0 Å². The molecule has 2 N–H and O–H groups in total. The van der Waals surface area contributed by atoms with Gasteiger partial charge in [0.05, 0.1) is 6.42 Å². The van der Waals surface area contributed by atoms with Gasteiger partial charge in [0, 0.05) is 17.8 Å². The zero-order chi connectivity index (χ0) is 13.6. The van der Waals surface area contributed by atoms with E-state index in [1.54, 1.807) is 6.92 Å². The molecule has 0 aliphatic rings. The lowest BCUT2D eigenvalue weighted by atomic mass is 10.3. The smallest absolute Gasteiger partial charge is 0.308 e. The molecular weight excluding hydrogens is 274 g/mol. The molecule has 0 aromatic carbocycles. The summed E-state index contributed by atoms with van der Waals surface area (Å²) in [5.41, 5.74) is 0. The van der Waals surface area contributed by atoms with Crippen LogP contribution in [-0.2, 0) is 21.2 Å². The third-order valence-electron chi connectivity index (χ3n) is 1.95. The summed E-state index contributed by atoms with van der Waals surface area (Å²) in [6.07, 6.45) is 0.282. The summed E-state index contributed by atoms with van der Waals surface area (Å²) in [5.74, 6) is 4.44. The van der Waals surface area contributed by atoms with Gasteiger partial charge in [-0.05, 0) is 19.1 Å². The van der Waals surface area contributed by atoms with Crippen molar-refractivity contribution in [3.05, 3.63) is 17.0 Å². The second-order valence-electron chi connectivity index (χ2n) is 3.37. The minimum absolute atomic E-state index is 0.128. The molecule has 0 fully saturated rings. The molecule has 1 rings (SSSR count). The number of hydrogen-bond donors (Lipinski definition) is 2. The zero-order valence-electron chi connectivity index (χ0n) is 9.76. The lowest BCUT2D eigenvalue weighted by Crippen LogP contribution is -2.23. The van der Waals surface area contributed by atoms with E-state index in [0.717, 1.165) is 11.3 Å². The minimum atomic E-state index is -3.55. The second kappa shape index (κ2) is 6.54. The van der Waals surface area contributed by atoms with E-state index in [2.05, 4.69) is 16.6 Å². The summed E-state index contributed by atoms with van der Waals surface area (Å²) in [6.45, 7) is 1.93. The van der Waals surface area contributed by atoms with Crippen LogP contribution in [0.5, 0.6) is 0 Å². The van der Waals surface area contributed by atoms with Crippen molar-refractivity contribution in [1.29, 1.82) is 0 Å². The number of hydrogen-bond acceptors (Lipinski definition) is 4. The van der Waals surface area contributed by atoms with Crippen molar-refractivity contribution in [1.82, 2.24) is 4.72 Å². The first-order chi connectivity index (χ1) is 8.45. The quantitative estimate of drug-likeness (QED) is 0.605. The number of thiophene rings is 1. The van der Waals surface area contributed by atoms with Crippen molar-refractivity contribution in [3.8, 4) is 11.8 Å². The Morgan fingerprint density at radius 2 is 2.22 bits per heavy atom. The standard InChI is InChI=1S/C11H13NO4S2/c1-2-3-4-7-12-18(15,16)11-6-5-9(17-11)8-10(13)14/h5-6,12H,4,7-8H2,1H3,(H,13,14). The van der Waals surface area contributed by atoms with Gasteiger partial charge in [0.15, 0.2) is 0 Å². The fraction of sp³-hybridized carbons (Fsp3) is 0.364. The maximum absolute atomic E-state index is 11.8. The SMILES string of the molecule is CC#CCCNS(=O)(=O)c1ccc(CC(=O)O)s1. The third-order valence-corrected chi connectivity index (χ3v) is 4.98. The Morgan fingerprint density at radius 1 is 1.50 bits per heavy atom. The third kappa shape index (κ3) is 4.49. The maximum atomic E-state index is 11.8. The monoisotopic (exact) mass is 287 g/mol. The molecule has 1 aromatic rings. The van der Waals surface area contributed by atoms with Gasteiger partial charge in [-0.25, -0.2) is 13.1 Å². The van der Waals surface area contributed by atoms with Crippen molar-refractivity contribution in [3.63, 3.8) is 0 Å². The molecule has 0 atom stereocenters. The first-order valence-corrected chi connectivity index (χ1v) is 7.45. The summed E-state index contributed by atoms with van der Waals surface area (Å²) >= 11 is 0.965. The van der Waals surface area contributed by atoms with Crippen LogP contribution in [0.1, 0.15) is 18.2 Å². The van der Waals surface area contributed by atoms with Crippen molar-refractivity contribution in [2.24, 2.45) is 0 Å². The summed E-state index contributed by atoms with van der Waals surface area (Å²) in [7, 11) is -3.55. The normalized spacial score (nSPS) is 10.7. The van der Waals surface area contributed by atoms with E-state index in [1.807, 2.05) is 0 Å². The predicted octanol–water partition coefficient (Wildman–Crippen LogP) is 1.07. The number of aliphatic carboxylic acids is 1. The van der Waals surface area contributed by atoms with Crippen LogP contribution in [0.15, 0.2) is 16.3 Å². The van der Waals surface area contributed by atoms with Gasteiger partial charge in [-0.1, -0.05) is 0 Å². The molecule has 0 aliphatic carbocycles. The highest BCUT2D eigenvalue weighted by Crippen LogP contribution is 2.21. The molecule has 7 heteroatoms. The van der Waals surface area contributed by atoms with Gasteiger partial charge in [-0.15, -0.1) is 23.2 Å². The molecule has 18 heavy (non-hydrogen) atoms. The summed E-state index contributed by atoms with van der Waals surface area (Å²) < 4.78 is 26.1. The molecule has 5 nitrogen and oxygen atoms in total. The molecule has 0 unspecified atom stereocenters. The summed E-state index contributed by atoms with van der Waals surface area (Å²) in [5, 5.41) is 8.61. The molecule has 0 radical (unpaired) electrons. The Labute approximate surface area is 110 Å². The van der Waals surface area contributed by atoms with E-state index in [0.29, 0.717) is 11.3 Å². The second-order valence-corrected chi connectivity index (χ2v) is 6.53. The topological polar surface area (TPSA) is 83.5 Å². The Bertz CT molecular complexity index is 578. The highest BCUT2D eigenvalue weighted by molar-refractivity contribution is 7.91. The molecule has 1 aromatic heterocycles. The highest BCUT2D eigenvalue weighted by atomic mass is 32.2. The van der Waals surface area contributed by atoms with Gasteiger partial charge in [0.2, 0.25) is 10.0 Å². The molecule has 0 saturated heterocycles. The van der Waals surface area contributed by atoms with Crippen LogP contribution in [0, 0.1) is 11.8 Å². The van der Waals surface area contributed by atoms with Gasteiger partial charge in [-0.3, -0.25) is 4.79 Å². The minimum Gasteiger partial charge on any atom is -0.481 e. The molecule has 0 saturated carbocycles. The van der Waals surface area contributed by atoms with Gasteiger partial charge in [-0.2, -0.15) is 0 Å². The molecular formula is C11H13NO4S2. The zero-order valence-corrected chi connectivity index (χ0v) is 11.4. The van der Waals surface area contributed by atoms with E-state index < -0.39 is 16.0 Å². The van der Waals surface area contributed by atoms with E-state index >= 15 is 0 Å². The van der Waals surface area contributed by atoms with Crippen molar-refractivity contribution < 1.29 is 18.3 Å². The number of carboxylic acids is 1. The van der Waals surface area contributed by atoms with Gasteiger partial charge in [0.25, 0.3) is 0 Å². The Hall–Kier alpha value is -1.36. The lowest BCUT2D eigenvalue weighted by molar-refractivity contribution is -0.136. The van der Waals surface area contributed by atoms with Gasteiger partial charge >= 0.3 is 5.97 Å². The molecule has 0 amide bonds. The van der Waals surface area contributed by atoms with Gasteiger partial charge < -0.3 is 5.11 Å². The van der Waals surface area contributed by atoms with E-state index in [1.165, 1.54) is 12.1 Å². The van der Waals surface area contributed by atoms with Crippen LogP contribution in [0.3, 0.4) is 0 Å². The predicted molar refractivity (Wildman–Crippen MR) is 68.9 cm³/mol. The van der Waals surface area contributed by atoms with Crippen LogP contribution in [0.25, 0.3) is 0 Å². The number of carboxylic acid groups (broad SMARTS) is 1. The Morgan fingerprint density at radius 3 is 2.83 bits per heavy atom. The average Bonchev–Trinajstić information content (AvgIpc) is 2.73. The maximum Gasteiger partial charge on any atom is 0.308 e. The lowest BCUT2D eigenvalue weighted by Gasteiger charge is -2.01. The Kier molecular flexibility index (Phi) is 5.34. The van der Waals surface area contributed by atoms with Gasteiger partial charge in [0.1, 0.15) is 4.21 Å². The van der Waals surface area contributed by atoms with Crippen molar-refractivity contribution >= 4 is 27.3 Å². The molecule has 0 bridgehead atoms. The van der Waals surface area contributed by atoms with Crippen molar-refractivity contribution in [2.75, 3.05) is 6.54 Å². The number of nitrogens with one attached hydrogen (secondary N) is 1. The molecule has 98 valence electrons. The average molecular weight is 287 g/mol. The fourth-order valence-electron chi connectivity index (χ4n) is 1.19. The highest BCUT2D eigenvalue weighted by Gasteiger charge is 2.16. The van der Waals surface area contributed by atoms with Crippen LogP contribution in [0.4, 0.5) is 0 Å². The van der Waals surface area contributed by atoms with E-state index in [-0.39, 0.29) is 17.2 Å². The molecule has 0 aliphatic heterocycles. The number of carbonyl (C=O) groups is 1. The van der Waals surface area contributed by atoms with Crippen LogP contribution in [-0.4, -0.2) is 26.0 Å². The van der Waals surface area contributed by atoms with E-state index in [4.69, 9.17) is 5.11 Å². The fourth-order valence-corrected chi connectivity index (χ4v) is 3.61. The number of sulfonamides is 1. The first kappa shape index (κ1) is 14.7. The summed E-state index contributed by atoms with van der Waals surface area (Å²) in [4.78, 5) is 11.0. The molecule has 0 spiro atoms. The Balaban J connectivity index is 2.69. The van der Waals surface area contributed by atoms with Crippen LogP contribution < -0.4 is 4.72 Å². The summed E-state index contributed by atoms with van der Waals surface area (Å²) in [6, 6.07) is 2.93. The first-order valence-electron chi connectivity index (χ1n) is 5.15.